The van der Waals surface area contributed by atoms with Crippen molar-refractivity contribution in [3.8, 4) is 11.1 Å². The second kappa shape index (κ2) is 13.7. The van der Waals surface area contributed by atoms with E-state index in [9.17, 15) is 14.7 Å². The lowest BCUT2D eigenvalue weighted by Crippen LogP contribution is -2.54. The lowest BCUT2D eigenvalue weighted by Gasteiger charge is -2.38. The van der Waals surface area contributed by atoms with Crippen LogP contribution in [-0.4, -0.2) is 82.7 Å². The van der Waals surface area contributed by atoms with Crippen LogP contribution in [0.2, 0.25) is 0 Å². The van der Waals surface area contributed by atoms with Gasteiger partial charge in [-0.25, -0.2) is 9.78 Å². The molecule has 2 amide bonds. The summed E-state index contributed by atoms with van der Waals surface area (Å²) in [6.45, 7) is 1.38. The van der Waals surface area contributed by atoms with Gasteiger partial charge in [0.25, 0.3) is 0 Å². The predicted octanol–water partition coefficient (Wildman–Crippen LogP) is 6.02. The molecule has 47 heavy (non-hydrogen) atoms. The monoisotopic (exact) mass is 640 g/mol. The molecule has 0 atom stereocenters. The minimum Gasteiger partial charge on any atom is -0.446 e. The quantitative estimate of drug-likeness (QED) is 0.305. The van der Waals surface area contributed by atoms with E-state index in [2.05, 4.69) is 62.3 Å². The number of anilines is 2. The van der Waals surface area contributed by atoms with Gasteiger partial charge in [0.1, 0.15) is 11.9 Å². The van der Waals surface area contributed by atoms with Crippen molar-refractivity contribution in [2.24, 2.45) is 11.8 Å². The molecule has 7 rings (SSSR count). The number of hydrogen-bond donors (Lipinski definition) is 1. The zero-order valence-electron chi connectivity index (χ0n) is 27.7. The average molecular weight is 641 g/mol. The summed E-state index contributed by atoms with van der Waals surface area (Å²) in [5.41, 5.74) is 4.42. The van der Waals surface area contributed by atoms with Crippen LogP contribution in [-0.2, 0) is 9.53 Å². The number of β-amino-alcohol motifs (C(OH)–C–C–N with tert-alkyl or cyclic N) is 1. The molecule has 4 fully saturated rings. The van der Waals surface area contributed by atoms with Crippen molar-refractivity contribution in [2.75, 3.05) is 43.5 Å². The van der Waals surface area contributed by atoms with Gasteiger partial charge in [0.15, 0.2) is 0 Å². The molecular weight excluding hydrogens is 592 g/mol. The van der Waals surface area contributed by atoms with Crippen LogP contribution >= 0.6 is 0 Å². The van der Waals surface area contributed by atoms with Gasteiger partial charge in [-0.2, -0.15) is 5.10 Å². The van der Waals surface area contributed by atoms with Crippen LogP contribution in [0.5, 0.6) is 0 Å². The number of likely N-dealkylation sites (tertiary alicyclic amines) is 1. The summed E-state index contributed by atoms with van der Waals surface area (Å²) in [6, 6.07) is 13.3. The SMILES string of the molecule is CN(C)c1ccc(C2CCC(CN(C(=O)C3CCC(OC(=O)N4CC(O)C4)CC3)c3cccc(-c4cnn(C5CC5)c4)c3)CC2)cn1. The Balaban J connectivity index is 1.03. The summed E-state index contributed by atoms with van der Waals surface area (Å²) in [7, 11) is 4.03. The van der Waals surface area contributed by atoms with Crippen molar-refractivity contribution in [1.29, 1.82) is 0 Å². The van der Waals surface area contributed by atoms with Crippen LogP contribution in [0.15, 0.2) is 55.0 Å². The van der Waals surface area contributed by atoms with Crippen molar-refractivity contribution in [2.45, 2.75) is 88.4 Å². The van der Waals surface area contributed by atoms with Gasteiger partial charge >= 0.3 is 6.09 Å². The topological polar surface area (TPSA) is 104 Å². The molecule has 0 bridgehead atoms. The van der Waals surface area contributed by atoms with Crippen molar-refractivity contribution >= 4 is 23.5 Å². The van der Waals surface area contributed by atoms with E-state index in [0.29, 0.717) is 63.2 Å². The van der Waals surface area contributed by atoms with Gasteiger partial charge < -0.3 is 24.5 Å². The zero-order chi connectivity index (χ0) is 32.5. The number of rotatable bonds is 9. The Morgan fingerprint density at radius 3 is 2.34 bits per heavy atom. The number of hydrogen-bond acceptors (Lipinski definition) is 7. The molecule has 3 aromatic rings. The molecule has 3 heterocycles. The van der Waals surface area contributed by atoms with E-state index in [1.54, 1.807) is 0 Å². The van der Waals surface area contributed by atoms with E-state index in [4.69, 9.17) is 4.74 Å². The number of pyridine rings is 1. The zero-order valence-corrected chi connectivity index (χ0v) is 27.7. The number of nitrogens with zero attached hydrogens (tertiary/aromatic N) is 6. The number of ether oxygens (including phenoxy) is 1. The molecule has 2 aromatic heterocycles. The van der Waals surface area contributed by atoms with E-state index in [0.717, 1.165) is 48.3 Å². The Morgan fingerprint density at radius 1 is 0.915 bits per heavy atom. The number of carbonyl (C=O) groups excluding carboxylic acids is 2. The van der Waals surface area contributed by atoms with Crippen LogP contribution in [0.25, 0.3) is 11.1 Å². The number of aliphatic hydroxyl groups excluding tert-OH is 1. The van der Waals surface area contributed by atoms with Gasteiger partial charge in [0.2, 0.25) is 5.91 Å². The summed E-state index contributed by atoms with van der Waals surface area (Å²) < 4.78 is 7.80. The minimum atomic E-state index is -0.448. The smallest absolute Gasteiger partial charge is 0.410 e. The molecule has 10 nitrogen and oxygen atoms in total. The standard InChI is InChI=1S/C37H48N6O4/c1-40(2)35-17-12-29(19-38-35)26-8-6-25(7-9-26)21-42(32-5-3-4-28(18-32)30-20-39-43(22-30)31-13-14-31)36(45)27-10-15-34(16-11-27)47-37(46)41-23-33(44)24-41/h3-5,12,17-20,22,25-27,31,33-34,44H,6-11,13-16,21,23-24H2,1-2H3. The molecule has 1 N–H and O–H groups in total. The first-order valence-corrected chi connectivity index (χ1v) is 17.5. The third kappa shape index (κ3) is 7.32. The Bertz CT molecular complexity index is 1530. The van der Waals surface area contributed by atoms with E-state index in [1.807, 2.05) is 31.4 Å². The fourth-order valence-electron chi connectivity index (χ4n) is 7.51. The summed E-state index contributed by atoms with van der Waals surface area (Å²) in [6.07, 6.45) is 14.6. The molecule has 0 spiro atoms. The first-order valence-electron chi connectivity index (χ1n) is 17.5. The second-order valence-corrected chi connectivity index (χ2v) is 14.4. The van der Waals surface area contributed by atoms with Gasteiger partial charge in [-0.15, -0.1) is 0 Å². The largest absolute Gasteiger partial charge is 0.446 e. The van der Waals surface area contributed by atoms with Crippen LogP contribution in [0, 0.1) is 11.8 Å². The first-order chi connectivity index (χ1) is 22.8. The number of aromatic nitrogens is 3. The summed E-state index contributed by atoms with van der Waals surface area (Å²) in [5.74, 6) is 1.98. The molecule has 0 unspecified atom stereocenters. The molecule has 1 aromatic carbocycles. The second-order valence-electron chi connectivity index (χ2n) is 14.4. The van der Waals surface area contributed by atoms with Gasteiger partial charge in [-0.05, 0) is 105 Å². The average Bonchev–Trinajstić information content (AvgIpc) is 3.82. The fourth-order valence-corrected chi connectivity index (χ4v) is 7.51. The maximum absolute atomic E-state index is 14.4. The third-order valence-electron chi connectivity index (χ3n) is 10.7. The fraction of sp³-hybridized carbons (Fsp3) is 0.568. The minimum absolute atomic E-state index is 0.102. The van der Waals surface area contributed by atoms with Crippen molar-refractivity contribution < 1.29 is 19.4 Å². The molecule has 1 aliphatic heterocycles. The van der Waals surface area contributed by atoms with Gasteiger partial charge in [-0.3, -0.25) is 9.48 Å². The summed E-state index contributed by atoms with van der Waals surface area (Å²) >= 11 is 0. The van der Waals surface area contributed by atoms with E-state index < -0.39 is 6.10 Å². The van der Waals surface area contributed by atoms with E-state index >= 15 is 0 Å². The van der Waals surface area contributed by atoms with Crippen LogP contribution in [0.4, 0.5) is 16.3 Å². The molecule has 250 valence electrons. The Morgan fingerprint density at radius 2 is 1.68 bits per heavy atom. The molecule has 0 radical (unpaired) electrons. The third-order valence-corrected chi connectivity index (χ3v) is 10.7. The highest BCUT2D eigenvalue weighted by Crippen LogP contribution is 2.39. The van der Waals surface area contributed by atoms with Gasteiger partial charge in [0, 0.05) is 50.2 Å². The number of carbonyl (C=O) groups is 2. The maximum atomic E-state index is 14.4. The molecule has 4 aliphatic rings. The van der Waals surface area contributed by atoms with Crippen LogP contribution < -0.4 is 9.80 Å². The maximum Gasteiger partial charge on any atom is 0.410 e. The van der Waals surface area contributed by atoms with Crippen LogP contribution in [0.1, 0.15) is 81.7 Å². The van der Waals surface area contributed by atoms with Crippen molar-refractivity contribution in [1.82, 2.24) is 19.7 Å². The Kier molecular flexibility index (Phi) is 9.21. The van der Waals surface area contributed by atoms with Crippen molar-refractivity contribution in [3.05, 3.63) is 60.6 Å². The lowest BCUT2D eigenvalue weighted by molar-refractivity contribution is -0.124. The number of aliphatic hydroxyl groups is 1. The normalized spacial score (nSPS) is 24.8. The number of benzene rings is 1. The Labute approximate surface area is 277 Å². The van der Waals surface area contributed by atoms with Crippen LogP contribution in [0.3, 0.4) is 0 Å². The number of amides is 2. The molecule has 1 saturated heterocycles. The first kappa shape index (κ1) is 31.7. The molecule has 3 aliphatic carbocycles. The summed E-state index contributed by atoms with van der Waals surface area (Å²) in [4.78, 5) is 37.1. The van der Waals surface area contributed by atoms with E-state index in [1.165, 1.54) is 23.3 Å². The highest BCUT2D eigenvalue weighted by atomic mass is 16.6. The van der Waals surface area contributed by atoms with Gasteiger partial charge in [0.05, 0.1) is 31.4 Å². The summed E-state index contributed by atoms with van der Waals surface area (Å²) in [5, 5.41) is 14.1. The van der Waals surface area contributed by atoms with Gasteiger partial charge in [-0.1, -0.05) is 18.2 Å². The highest BCUT2D eigenvalue weighted by molar-refractivity contribution is 5.95. The Hall–Kier alpha value is -3.92. The van der Waals surface area contributed by atoms with E-state index in [-0.39, 0.29) is 24.0 Å². The molecule has 10 heteroatoms. The predicted molar refractivity (Wildman–Crippen MR) is 181 cm³/mol. The molecule has 3 saturated carbocycles. The lowest BCUT2D eigenvalue weighted by atomic mass is 9.78. The highest BCUT2D eigenvalue weighted by Gasteiger charge is 2.36. The molecular formula is C37H48N6O4. The van der Waals surface area contributed by atoms with Crippen molar-refractivity contribution in [3.63, 3.8) is 0 Å².